The highest BCUT2D eigenvalue weighted by molar-refractivity contribution is 9.10. The van der Waals surface area contributed by atoms with Crippen molar-refractivity contribution in [2.45, 2.75) is 38.7 Å². The highest BCUT2D eigenvalue weighted by Gasteiger charge is 2.31. The molecular weight excluding hydrogens is 351 g/mol. The Morgan fingerprint density at radius 3 is 2.57 bits per heavy atom. The van der Waals surface area contributed by atoms with Gasteiger partial charge >= 0.3 is 6.36 Å². The Balaban J connectivity index is 2.62. The summed E-state index contributed by atoms with van der Waals surface area (Å²) in [6.45, 7) is 3.24. The largest absolute Gasteiger partial charge is 0.573 e. The van der Waals surface area contributed by atoms with Crippen LogP contribution in [0.25, 0.3) is 0 Å². The predicted octanol–water partition coefficient (Wildman–Crippen LogP) is 4.25. The van der Waals surface area contributed by atoms with Crippen molar-refractivity contribution in [1.29, 1.82) is 0 Å². The molecule has 1 atom stereocenters. The first kappa shape index (κ1) is 18.3. The van der Waals surface area contributed by atoms with E-state index in [-0.39, 0.29) is 16.3 Å². The number of halogens is 4. The van der Waals surface area contributed by atoms with Gasteiger partial charge in [-0.15, -0.1) is 13.2 Å². The van der Waals surface area contributed by atoms with Crippen LogP contribution in [0, 0.1) is 0 Å². The molecule has 3 nitrogen and oxygen atoms in total. The maximum atomic E-state index is 12.2. The minimum absolute atomic E-state index is 0.227. The van der Waals surface area contributed by atoms with E-state index in [1.807, 2.05) is 0 Å². The number of nitrogens with one attached hydrogen (secondary N) is 1. The summed E-state index contributed by atoms with van der Waals surface area (Å²) < 4.78 is 45.8. The monoisotopic (exact) mass is 369 g/mol. The summed E-state index contributed by atoms with van der Waals surface area (Å²) >= 11 is 3.09. The van der Waals surface area contributed by atoms with E-state index >= 15 is 0 Å². The van der Waals surface area contributed by atoms with Gasteiger partial charge in [0.05, 0.1) is 11.1 Å². The standard InChI is InChI=1S/C14H19BrF3NO2/c1-3-4-11(9-20-2)19-8-10-5-6-13(12(15)7-10)21-14(16,17)18/h5-7,11,19H,3-4,8-9H2,1-2H3. The van der Waals surface area contributed by atoms with Crippen molar-refractivity contribution in [3.63, 3.8) is 0 Å². The van der Waals surface area contributed by atoms with Gasteiger partial charge in [-0.2, -0.15) is 0 Å². The zero-order valence-electron chi connectivity index (χ0n) is 12.0. The molecule has 1 N–H and O–H groups in total. The van der Waals surface area contributed by atoms with Gasteiger partial charge in [0.25, 0.3) is 0 Å². The Bertz CT molecular complexity index is 435. The molecule has 0 aliphatic heterocycles. The predicted molar refractivity (Wildman–Crippen MR) is 78.2 cm³/mol. The molecule has 0 radical (unpaired) electrons. The zero-order valence-corrected chi connectivity index (χ0v) is 13.6. The van der Waals surface area contributed by atoms with Crippen LogP contribution in [-0.4, -0.2) is 26.1 Å². The molecule has 120 valence electrons. The molecule has 1 aromatic rings. The number of hydrogen-bond donors (Lipinski definition) is 1. The first-order valence-electron chi connectivity index (χ1n) is 6.62. The normalized spacial score (nSPS) is 13.2. The Labute approximate surface area is 130 Å². The Morgan fingerprint density at radius 2 is 2.05 bits per heavy atom. The lowest BCUT2D eigenvalue weighted by Crippen LogP contribution is -2.32. The average Bonchev–Trinajstić information content (AvgIpc) is 2.38. The second-order valence-corrected chi connectivity index (χ2v) is 5.49. The number of hydrogen-bond acceptors (Lipinski definition) is 3. The third-order valence-corrected chi connectivity index (χ3v) is 3.44. The molecular formula is C14H19BrF3NO2. The smallest absolute Gasteiger partial charge is 0.405 e. The molecule has 0 aromatic heterocycles. The van der Waals surface area contributed by atoms with Crippen molar-refractivity contribution in [3.8, 4) is 5.75 Å². The molecule has 0 fully saturated rings. The summed E-state index contributed by atoms with van der Waals surface area (Å²) in [7, 11) is 1.64. The van der Waals surface area contributed by atoms with E-state index in [0.29, 0.717) is 13.2 Å². The number of methoxy groups -OCH3 is 1. The molecule has 0 aliphatic carbocycles. The van der Waals surface area contributed by atoms with Crippen LogP contribution in [0.4, 0.5) is 13.2 Å². The van der Waals surface area contributed by atoms with Crippen LogP contribution in [0.5, 0.6) is 5.75 Å². The first-order chi connectivity index (χ1) is 9.85. The summed E-state index contributed by atoms with van der Waals surface area (Å²) in [5.41, 5.74) is 0.869. The van der Waals surface area contributed by atoms with Gasteiger partial charge in [0, 0.05) is 19.7 Å². The number of rotatable bonds is 8. The molecule has 1 unspecified atom stereocenters. The van der Waals surface area contributed by atoms with Crippen LogP contribution in [0.2, 0.25) is 0 Å². The van der Waals surface area contributed by atoms with E-state index < -0.39 is 6.36 Å². The minimum Gasteiger partial charge on any atom is -0.405 e. The van der Waals surface area contributed by atoms with Crippen LogP contribution in [0.15, 0.2) is 22.7 Å². The molecule has 1 rings (SSSR count). The molecule has 0 heterocycles. The van der Waals surface area contributed by atoms with Crippen molar-refractivity contribution >= 4 is 15.9 Å². The molecule has 0 saturated heterocycles. The number of benzene rings is 1. The Hall–Kier alpha value is -0.790. The fraction of sp³-hybridized carbons (Fsp3) is 0.571. The van der Waals surface area contributed by atoms with Crippen molar-refractivity contribution in [2.75, 3.05) is 13.7 Å². The molecule has 0 bridgehead atoms. The lowest BCUT2D eigenvalue weighted by molar-refractivity contribution is -0.274. The number of ether oxygens (including phenoxy) is 2. The summed E-state index contributed by atoms with van der Waals surface area (Å²) in [6.07, 6.45) is -2.68. The SMILES string of the molecule is CCCC(COC)NCc1ccc(OC(F)(F)F)c(Br)c1. The highest BCUT2D eigenvalue weighted by atomic mass is 79.9. The zero-order chi connectivity index (χ0) is 15.9. The maximum Gasteiger partial charge on any atom is 0.573 e. The van der Waals surface area contributed by atoms with Crippen molar-refractivity contribution in [3.05, 3.63) is 28.2 Å². The van der Waals surface area contributed by atoms with Crippen LogP contribution < -0.4 is 10.1 Å². The molecule has 1 aromatic carbocycles. The summed E-state index contributed by atoms with van der Waals surface area (Å²) in [5.74, 6) is -0.242. The van der Waals surface area contributed by atoms with E-state index in [2.05, 4.69) is 32.9 Å². The average molecular weight is 370 g/mol. The lowest BCUT2D eigenvalue weighted by atomic mass is 10.1. The quantitative estimate of drug-likeness (QED) is 0.742. The molecule has 0 amide bonds. The van der Waals surface area contributed by atoms with Gasteiger partial charge in [0.2, 0.25) is 0 Å². The molecule has 0 spiro atoms. The van der Waals surface area contributed by atoms with E-state index in [9.17, 15) is 13.2 Å². The lowest BCUT2D eigenvalue weighted by Gasteiger charge is -2.17. The van der Waals surface area contributed by atoms with Crippen LogP contribution in [0.3, 0.4) is 0 Å². The van der Waals surface area contributed by atoms with Gasteiger partial charge in [0.1, 0.15) is 5.75 Å². The molecule has 7 heteroatoms. The van der Waals surface area contributed by atoms with Crippen LogP contribution >= 0.6 is 15.9 Å². The molecule has 0 aliphatic rings. The van der Waals surface area contributed by atoms with E-state index in [1.165, 1.54) is 6.07 Å². The van der Waals surface area contributed by atoms with Crippen molar-refractivity contribution in [2.24, 2.45) is 0 Å². The summed E-state index contributed by atoms with van der Waals surface area (Å²) in [6, 6.07) is 4.75. The second-order valence-electron chi connectivity index (χ2n) is 4.63. The molecule has 21 heavy (non-hydrogen) atoms. The van der Waals surface area contributed by atoms with Crippen LogP contribution in [-0.2, 0) is 11.3 Å². The fourth-order valence-electron chi connectivity index (χ4n) is 1.92. The fourth-order valence-corrected chi connectivity index (χ4v) is 2.43. The van der Waals surface area contributed by atoms with Crippen LogP contribution in [0.1, 0.15) is 25.3 Å². The van der Waals surface area contributed by atoms with E-state index in [0.717, 1.165) is 18.4 Å². The third kappa shape index (κ3) is 7.15. The third-order valence-electron chi connectivity index (χ3n) is 2.82. The number of alkyl halides is 3. The minimum atomic E-state index is -4.69. The van der Waals surface area contributed by atoms with Gasteiger partial charge in [-0.05, 0) is 40.0 Å². The van der Waals surface area contributed by atoms with Gasteiger partial charge in [-0.1, -0.05) is 19.4 Å². The summed E-state index contributed by atoms with van der Waals surface area (Å²) in [5, 5.41) is 3.32. The second kappa shape index (κ2) is 8.60. The van der Waals surface area contributed by atoms with E-state index in [4.69, 9.17) is 4.74 Å². The Kier molecular flexibility index (Phi) is 7.48. The maximum absolute atomic E-state index is 12.2. The summed E-state index contributed by atoms with van der Waals surface area (Å²) in [4.78, 5) is 0. The molecule has 0 saturated carbocycles. The van der Waals surface area contributed by atoms with Crippen molar-refractivity contribution in [1.82, 2.24) is 5.32 Å². The van der Waals surface area contributed by atoms with Gasteiger partial charge in [0.15, 0.2) is 0 Å². The Morgan fingerprint density at radius 1 is 1.33 bits per heavy atom. The van der Waals surface area contributed by atoms with E-state index in [1.54, 1.807) is 19.2 Å². The first-order valence-corrected chi connectivity index (χ1v) is 7.41. The van der Waals surface area contributed by atoms with Crippen molar-refractivity contribution < 1.29 is 22.6 Å². The van der Waals surface area contributed by atoms with Gasteiger partial charge < -0.3 is 14.8 Å². The van der Waals surface area contributed by atoms with Gasteiger partial charge in [-0.3, -0.25) is 0 Å². The topological polar surface area (TPSA) is 30.5 Å². The highest BCUT2D eigenvalue weighted by Crippen LogP contribution is 2.31. The van der Waals surface area contributed by atoms with Gasteiger partial charge in [-0.25, -0.2) is 0 Å².